The first kappa shape index (κ1) is 12.3. The van der Waals surface area contributed by atoms with Crippen molar-refractivity contribution in [3.63, 3.8) is 0 Å². The Hall–Kier alpha value is -2.16. The third-order valence-corrected chi connectivity index (χ3v) is 3.02. The van der Waals surface area contributed by atoms with Gasteiger partial charge >= 0.3 is 0 Å². The number of ether oxygens (including phenoxy) is 1. The molecule has 3 nitrogen and oxygen atoms in total. The van der Waals surface area contributed by atoms with Gasteiger partial charge in [-0.25, -0.2) is 0 Å². The zero-order valence-electron chi connectivity index (χ0n) is 11.0. The summed E-state index contributed by atoms with van der Waals surface area (Å²) >= 11 is 0. The molecule has 0 spiro atoms. The first-order valence-corrected chi connectivity index (χ1v) is 5.83. The van der Waals surface area contributed by atoms with Gasteiger partial charge in [0, 0.05) is 30.7 Å². The maximum Gasteiger partial charge on any atom is 0.130 e. The largest absolute Gasteiger partial charge is 0.457 e. The van der Waals surface area contributed by atoms with E-state index in [-0.39, 0.29) is 0 Å². The van der Waals surface area contributed by atoms with E-state index in [1.54, 1.807) is 0 Å². The fourth-order valence-electron chi connectivity index (χ4n) is 1.71. The van der Waals surface area contributed by atoms with E-state index in [1.165, 1.54) is 0 Å². The van der Waals surface area contributed by atoms with Gasteiger partial charge in [0.1, 0.15) is 11.5 Å². The van der Waals surface area contributed by atoms with E-state index in [0.29, 0.717) is 0 Å². The second-order valence-corrected chi connectivity index (χ2v) is 4.54. The Bertz CT molecular complexity index is 556. The zero-order chi connectivity index (χ0) is 13.3. The van der Waals surface area contributed by atoms with E-state index in [2.05, 4.69) is 6.58 Å². The molecule has 2 N–H and O–H groups in total. The number of likely N-dealkylation sites (N-methyl/N-ethyl adjacent to an activating group) is 1. The number of anilines is 1. The number of hydrogen-bond acceptors (Lipinski definition) is 3. The standard InChI is InChI=1S/C15H18N2O/c1-10-8-15(11(2)7-14(10)16)18-13-5-6-17(4)12(3)9-13/h5-9H,3,16H2,1-2,4H3. The molecule has 1 aromatic rings. The summed E-state index contributed by atoms with van der Waals surface area (Å²) < 4.78 is 5.87. The fourth-order valence-corrected chi connectivity index (χ4v) is 1.71. The minimum atomic E-state index is 0.783. The third-order valence-electron chi connectivity index (χ3n) is 3.02. The summed E-state index contributed by atoms with van der Waals surface area (Å²) in [6.07, 6.45) is 5.75. The van der Waals surface area contributed by atoms with Crippen molar-refractivity contribution in [3.8, 4) is 5.75 Å². The van der Waals surface area contributed by atoms with Gasteiger partial charge in [0.2, 0.25) is 0 Å². The number of nitrogens with zero attached hydrogens (tertiary/aromatic N) is 1. The highest BCUT2D eigenvalue weighted by atomic mass is 16.5. The first-order chi connectivity index (χ1) is 8.47. The number of rotatable bonds is 2. The van der Waals surface area contributed by atoms with Crippen LogP contribution in [0.1, 0.15) is 11.1 Å². The SMILES string of the molecule is C=C1C=C(Oc2cc(C)c(N)cc2C)C=CN1C. The van der Waals surface area contributed by atoms with Gasteiger partial charge in [-0.15, -0.1) is 0 Å². The van der Waals surface area contributed by atoms with Crippen molar-refractivity contribution in [2.75, 3.05) is 12.8 Å². The molecule has 3 heteroatoms. The molecule has 94 valence electrons. The number of nitrogen functional groups attached to an aromatic ring is 1. The Morgan fingerprint density at radius 1 is 1.22 bits per heavy atom. The third kappa shape index (κ3) is 2.40. The molecular weight excluding hydrogens is 224 g/mol. The summed E-state index contributed by atoms with van der Waals surface area (Å²) in [4.78, 5) is 1.94. The van der Waals surface area contributed by atoms with Gasteiger partial charge in [0.25, 0.3) is 0 Å². The lowest BCUT2D eigenvalue weighted by molar-refractivity contribution is 0.428. The maximum absolute atomic E-state index is 5.87. The van der Waals surface area contributed by atoms with E-state index >= 15 is 0 Å². The van der Waals surface area contributed by atoms with Crippen LogP contribution >= 0.6 is 0 Å². The molecule has 1 aromatic carbocycles. The quantitative estimate of drug-likeness (QED) is 0.810. The molecule has 0 aromatic heterocycles. The van der Waals surface area contributed by atoms with E-state index < -0.39 is 0 Å². The predicted molar refractivity (Wildman–Crippen MR) is 75.1 cm³/mol. The number of benzene rings is 1. The lowest BCUT2D eigenvalue weighted by atomic mass is 10.1. The van der Waals surface area contributed by atoms with Crippen molar-refractivity contribution in [3.05, 3.63) is 59.6 Å². The molecule has 0 amide bonds. The minimum absolute atomic E-state index is 0.783. The van der Waals surface area contributed by atoms with Crippen molar-refractivity contribution in [1.29, 1.82) is 0 Å². The molecule has 0 aliphatic carbocycles. The highest BCUT2D eigenvalue weighted by molar-refractivity contribution is 5.54. The van der Waals surface area contributed by atoms with E-state index in [9.17, 15) is 0 Å². The molecular formula is C15H18N2O. The average molecular weight is 242 g/mol. The molecule has 18 heavy (non-hydrogen) atoms. The second kappa shape index (κ2) is 4.61. The van der Waals surface area contributed by atoms with Crippen molar-refractivity contribution < 1.29 is 4.74 Å². The van der Waals surface area contributed by atoms with Gasteiger partial charge in [0.15, 0.2) is 0 Å². The van der Waals surface area contributed by atoms with Crippen LogP contribution in [0, 0.1) is 13.8 Å². The highest BCUT2D eigenvalue weighted by Crippen LogP contribution is 2.27. The molecule has 0 bridgehead atoms. The monoisotopic (exact) mass is 242 g/mol. The Kier molecular flexibility index (Phi) is 3.15. The van der Waals surface area contributed by atoms with Crippen LogP contribution in [0.5, 0.6) is 5.75 Å². The molecule has 0 atom stereocenters. The van der Waals surface area contributed by atoms with Gasteiger partial charge in [-0.3, -0.25) is 0 Å². The van der Waals surface area contributed by atoms with Crippen LogP contribution in [-0.2, 0) is 0 Å². The van der Waals surface area contributed by atoms with Gasteiger partial charge in [-0.05, 0) is 43.2 Å². The zero-order valence-corrected chi connectivity index (χ0v) is 11.0. The molecule has 1 heterocycles. The van der Waals surface area contributed by atoms with Crippen LogP contribution in [0.3, 0.4) is 0 Å². The summed E-state index contributed by atoms with van der Waals surface area (Å²) in [5, 5.41) is 0. The highest BCUT2D eigenvalue weighted by Gasteiger charge is 2.09. The number of allylic oxidation sites excluding steroid dienone is 2. The second-order valence-electron chi connectivity index (χ2n) is 4.54. The van der Waals surface area contributed by atoms with Crippen LogP contribution in [0.4, 0.5) is 5.69 Å². The molecule has 0 saturated heterocycles. The maximum atomic E-state index is 5.87. The van der Waals surface area contributed by atoms with E-state index in [0.717, 1.165) is 34.0 Å². The minimum Gasteiger partial charge on any atom is -0.457 e. The molecule has 1 aliphatic heterocycles. The summed E-state index contributed by atoms with van der Waals surface area (Å²) in [7, 11) is 1.95. The summed E-state index contributed by atoms with van der Waals surface area (Å²) in [6, 6.07) is 3.89. The topological polar surface area (TPSA) is 38.5 Å². The lowest BCUT2D eigenvalue weighted by Crippen LogP contribution is -2.12. The van der Waals surface area contributed by atoms with Crippen LogP contribution in [-0.4, -0.2) is 11.9 Å². The average Bonchev–Trinajstić information content (AvgIpc) is 2.31. The summed E-state index contributed by atoms with van der Waals surface area (Å²) in [5.74, 6) is 1.61. The molecule has 0 saturated carbocycles. The number of aryl methyl sites for hydroxylation is 2. The Labute approximate surface area is 108 Å². The van der Waals surface area contributed by atoms with Crippen LogP contribution in [0.15, 0.2) is 48.5 Å². The van der Waals surface area contributed by atoms with Crippen molar-refractivity contribution >= 4 is 5.69 Å². The van der Waals surface area contributed by atoms with Gasteiger partial charge < -0.3 is 15.4 Å². The van der Waals surface area contributed by atoms with E-state index in [4.69, 9.17) is 10.5 Å². The Morgan fingerprint density at radius 2 is 1.94 bits per heavy atom. The molecule has 0 fully saturated rings. The number of nitrogens with two attached hydrogens (primary N) is 1. The van der Waals surface area contributed by atoms with Gasteiger partial charge in [-0.2, -0.15) is 0 Å². The van der Waals surface area contributed by atoms with E-state index in [1.807, 2.05) is 56.3 Å². The van der Waals surface area contributed by atoms with Crippen molar-refractivity contribution in [2.24, 2.45) is 0 Å². The molecule has 0 unspecified atom stereocenters. The Balaban J connectivity index is 2.26. The van der Waals surface area contributed by atoms with Crippen LogP contribution in [0.2, 0.25) is 0 Å². The summed E-state index contributed by atoms with van der Waals surface area (Å²) in [5.41, 5.74) is 9.59. The fraction of sp³-hybridized carbons (Fsp3) is 0.200. The normalized spacial score (nSPS) is 14.7. The predicted octanol–water partition coefficient (Wildman–Crippen LogP) is 3.12. The molecule has 0 radical (unpaired) electrons. The smallest absolute Gasteiger partial charge is 0.130 e. The number of hydrogen-bond donors (Lipinski definition) is 1. The van der Waals surface area contributed by atoms with Crippen LogP contribution < -0.4 is 10.5 Å². The van der Waals surface area contributed by atoms with Crippen molar-refractivity contribution in [1.82, 2.24) is 4.90 Å². The van der Waals surface area contributed by atoms with Crippen LogP contribution in [0.25, 0.3) is 0 Å². The van der Waals surface area contributed by atoms with Gasteiger partial charge in [-0.1, -0.05) is 6.58 Å². The van der Waals surface area contributed by atoms with Crippen molar-refractivity contribution in [2.45, 2.75) is 13.8 Å². The molecule has 1 aliphatic rings. The molecule has 2 rings (SSSR count). The Morgan fingerprint density at radius 3 is 2.61 bits per heavy atom. The lowest BCUT2D eigenvalue weighted by Gasteiger charge is -2.20. The first-order valence-electron chi connectivity index (χ1n) is 5.83. The summed E-state index contributed by atoms with van der Waals surface area (Å²) in [6.45, 7) is 7.90. The van der Waals surface area contributed by atoms with Gasteiger partial charge in [0.05, 0.1) is 0 Å².